The van der Waals surface area contributed by atoms with E-state index in [9.17, 15) is 4.79 Å². The molecule has 1 N–H and O–H groups in total. The molecule has 3 aromatic rings. The maximum atomic E-state index is 12.5. The largest absolute Gasteiger partial charge is 0.497 e. The fourth-order valence-electron chi connectivity index (χ4n) is 2.39. The van der Waals surface area contributed by atoms with Crippen molar-refractivity contribution in [3.63, 3.8) is 0 Å². The van der Waals surface area contributed by atoms with Gasteiger partial charge in [-0.05, 0) is 38.1 Å². The molecular weight excluding hydrogens is 396 g/mol. The van der Waals surface area contributed by atoms with Crippen molar-refractivity contribution < 1.29 is 9.53 Å². The number of methoxy groups -OCH3 is 1. The number of thioether (sulfide) groups is 1. The normalized spacial score (nSPS) is 11.8. The molecule has 1 amide bonds. The van der Waals surface area contributed by atoms with Gasteiger partial charge in [-0.2, -0.15) is 0 Å². The predicted molar refractivity (Wildman–Crippen MR) is 111 cm³/mol. The highest BCUT2D eigenvalue weighted by atomic mass is 32.2. The van der Waals surface area contributed by atoms with Gasteiger partial charge in [-0.25, -0.2) is 0 Å². The lowest BCUT2D eigenvalue weighted by molar-refractivity contribution is -0.115. The number of hydrogen-bond acceptors (Lipinski definition) is 8. The van der Waals surface area contributed by atoms with E-state index in [1.807, 2.05) is 42.7 Å². The van der Waals surface area contributed by atoms with Crippen LogP contribution in [0.15, 0.2) is 42.1 Å². The van der Waals surface area contributed by atoms with Gasteiger partial charge in [0.2, 0.25) is 11.0 Å². The zero-order valence-corrected chi connectivity index (χ0v) is 17.4. The van der Waals surface area contributed by atoms with E-state index in [0.29, 0.717) is 22.7 Å². The Balaban J connectivity index is 1.78. The molecule has 0 saturated carbocycles. The summed E-state index contributed by atoms with van der Waals surface area (Å²) in [5.74, 6) is 1.31. The molecule has 28 heavy (non-hydrogen) atoms. The highest BCUT2D eigenvalue weighted by molar-refractivity contribution is 8.00. The van der Waals surface area contributed by atoms with Gasteiger partial charge in [0.25, 0.3) is 0 Å². The molecular formula is C18H20N6O2S2. The van der Waals surface area contributed by atoms with Crippen molar-refractivity contribution in [3.05, 3.63) is 41.9 Å². The Hall–Kier alpha value is -2.72. The Morgan fingerprint density at radius 1 is 1.32 bits per heavy atom. The third kappa shape index (κ3) is 4.57. The molecule has 0 aliphatic heterocycles. The van der Waals surface area contributed by atoms with E-state index in [4.69, 9.17) is 4.74 Å². The van der Waals surface area contributed by atoms with Crippen LogP contribution >= 0.6 is 23.1 Å². The van der Waals surface area contributed by atoms with Crippen LogP contribution < -0.4 is 10.1 Å². The highest BCUT2D eigenvalue weighted by Crippen LogP contribution is 2.28. The third-order valence-corrected chi connectivity index (χ3v) is 5.62. The summed E-state index contributed by atoms with van der Waals surface area (Å²) in [6, 6.07) is 7.58. The van der Waals surface area contributed by atoms with Crippen molar-refractivity contribution >= 4 is 34.1 Å². The Morgan fingerprint density at radius 3 is 2.68 bits per heavy atom. The van der Waals surface area contributed by atoms with E-state index in [1.165, 1.54) is 23.1 Å². The molecule has 0 aliphatic carbocycles. The first-order valence-electron chi connectivity index (χ1n) is 8.48. The van der Waals surface area contributed by atoms with Gasteiger partial charge in [-0.3, -0.25) is 14.7 Å². The molecule has 2 aromatic heterocycles. The highest BCUT2D eigenvalue weighted by Gasteiger charge is 2.21. The van der Waals surface area contributed by atoms with E-state index in [-0.39, 0.29) is 11.2 Å². The van der Waals surface area contributed by atoms with E-state index < -0.39 is 0 Å². The molecule has 1 atom stereocenters. The maximum absolute atomic E-state index is 12.5. The maximum Gasteiger partial charge on any atom is 0.239 e. The van der Waals surface area contributed by atoms with Gasteiger partial charge < -0.3 is 4.74 Å². The monoisotopic (exact) mass is 416 g/mol. The summed E-state index contributed by atoms with van der Waals surface area (Å²) in [5.41, 5.74) is 0.906. The molecule has 1 aromatic carbocycles. The summed E-state index contributed by atoms with van der Waals surface area (Å²) in [6.07, 6.45) is 1.77. The molecule has 2 heterocycles. The number of anilines is 1. The number of rotatable bonds is 8. The first-order valence-corrected chi connectivity index (χ1v) is 10.2. The Labute approximate surface area is 171 Å². The lowest BCUT2D eigenvalue weighted by Crippen LogP contribution is -2.22. The molecule has 0 aliphatic rings. The fraction of sp³-hybridized carbons (Fsp3) is 0.278. The minimum atomic E-state index is -0.388. The van der Waals surface area contributed by atoms with Gasteiger partial charge >= 0.3 is 0 Å². The number of benzene rings is 1. The van der Waals surface area contributed by atoms with Crippen molar-refractivity contribution in [1.29, 1.82) is 0 Å². The molecule has 0 radical (unpaired) electrons. The van der Waals surface area contributed by atoms with Crippen molar-refractivity contribution in [1.82, 2.24) is 25.0 Å². The number of carbonyl (C=O) groups is 1. The number of carbonyl (C=O) groups excluding carboxylic acids is 1. The van der Waals surface area contributed by atoms with Gasteiger partial charge in [0.15, 0.2) is 11.0 Å². The fourth-order valence-corrected chi connectivity index (χ4v) is 3.84. The Morgan fingerprint density at radius 2 is 2.07 bits per heavy atom. The zero-order valence-electron chi connectivity index (χ0n) is 15.7. The third-order valence-electron chi connectivity index (χ3n) is 3.78. The number of hydrogen-bond donors (Lipinski definition) is 1. The summed E-state index contributed by atoms with van der Waals surface area (Å²) >= 11 is 2.66. The molecule has 146 valence electrons. The van der Waals surface area contributed by atoms with E-state index in [0.717, 1.165) is 16.3 Å². The second kappa shape index (κ2) is 8.98. The van der Waals surface area contributed by atoms with Gasteiger partial charge in [-0.1, -0.05) is 29.2 Å². The number of ether oxygens (including phenoxy) is 1. The van der Waals surface area contributed by atoms with Crippen molar-refractivity contribution in [2.75, 3.05) is 12.4 Å². The predicted octanol–water partition coefficient (Wildman–Crippen LogP) is 3.42. The van der Waals surface area contributed by atoms with Crippen LogP contribution in [0.2, 0.25) is 0 Å². The number of allylic oxidation sites excluding steroid dienone is 1. The standard InChI is InChI=1S/C18H20N6O2S2/c1-5-10-24-15(13-6-8-14(26-4)9-7-13)21-23-18(24)27-11(2)16(25)19-17-22-20-12(3)28-17/h5-9,11H,1,10H2,2-4H3,(H,19,22,25). The minimum Gasteiger partial charge on any atom is -0.497 e. The average Bonchev–Trinajstić information content (AvgIpc) is 3.28. The number of nitrogens with one attached hydrogen (secondary N) is 1. The molecule has 3 rings (SSSR count). The minimum absolute atomic E-state index is 0.166. The summed E-state index contributed by atoms with van der Waals surface area (Å²) in [7, 11) is 1.62. The molecule has 8 nitrogen and oxygen atoms in total. The number of nitrogens with zero attached hydrogens (tertiary/aromatic N) is 5. The molecule has 10 heteroatoms. The SMILES string of the molecule is C=CCn1c(SC(C)C(=O)Nc2nnc(C)s2)nnc1-c1ccc(OC)cc1. The van der Waals surface area contributed by atoms with E-state index in [2.05, 4.69) is 32.3 Å². The molecule has 0 bridgehead atoms. The van der Waals surface area contributed by atoms with Crippen LogP contribution in [-0.2, 0) is 11.3 Å². The van der Waals surface area contributed by atoms with E-state index >= 15 is 0 Å². The summed E-state index contributed by atoms with van der Waals surface area (Å²) in [4.78, 5) is 12.5. The van der Waals surface area contributed by atoms with Crippen LogP contribution in [0.5, 0.6) is 5.75 Å². The lowest BCUT2D eigenvalue weighted by Gasteiger charge is -2.12. The van der Waals surface area contributed by atoms with Gasteiger partial charge in [0.05, 0.1) is 12.4 Å². The quantitative estimate of drug-likeness (QED) is 0.444. The average molecular weight is 417 g/mol. The first-order chi connectivity index (χ1) is 13.5. The first kappa shape index (κ1) is 20.0. The zero-order chi connectivity index (χ0) is 20.1. The summed E-state index contributed by atoms with van der Waals surface area (Å²) in [5, 5.41) is 20.7. The molecule has 1 unspecified atom stereocenters. The van der Waals surface area contributed by atoms with Gasteiger partial charge in [0.1, 0.15) is 10.8 Å². The second-order valence-electron chi connectivity index (χ2n) is 5.81. The summed E-state index contributed by atoms with van der Waals surface area (Å²) in [6.45, 7) is 7.99. The van der Waals surface area contributed by atoms with E-state index in [1.54, 1.807) is 13.2 Å². The molecule has 0 saturated heterocycles. The van der Waals surface area contributed by atoms with Crippen molar-refractivity contribution in [2.24, 2.45) is 0 Å². The van der Waals surface area contributed by atoms with Crippen LogP contribution in [0.25, 0.3) is 11.4 Å². The number of amides is 1. The van der Waals surface area contributed by atoms with Crippen LogP contribution in [0.4, 0.5) is 5.13 Å². The topological polar surface area (TPSA) is 94.8 Å². The number of aryl methyl sites for hydroxylation is 1. The Bertz CT molecular complexity index is 967. The lowest BCUT2D eigenvalue weighted by atomic mass is 10.2. The van der Waals surface area contributed by atoms with Crippen molar-refractivity contribution in [2.45, 2.75) is 30.8 Å². The smallest absolute Gasteiger partial charge is 0.239 e. The molecule has 0 spiro atoms. The van der Waals surface area contributed by atoms with Gasteiger partial charge in [0, 0.05) is 12.1 Å². The van der Waals surface area contributed by atoms with Crippen LogP contribution in [-0.4, -0.2) is 43.2 Å². The van der Waals surface area contributed by atoms with Gasteiger partial charge in [-0.15, -0.1) is 27.0 Å². The van der Waals surface area contributed by atoms with Crippen LogP contribution in [0, 0.1) is 6.92 Å². The van der Waals surface area contributed by atoms with Crippen LogP contribution in [0.1, 0.15) is 11.9 Å². The summed E-state index contributed by atoms with van der Waals surface area (Å²) < 4.78 is 7.13. The van der Waals surface area contributed by atoms with Crippen molar-refractivity contribution in [3.8, 4) is 17.1 Å². The second-order valence-corrected chi connectivity index (χ2v) is 8.30. The van der Waals surface area contributed by atoms with Crippen LogP contribution in [0.3, 0.4) is 0 Å². The molecule has 0 fully saturated rings. The Kier molecular flexibility index (Phi) is 6.42. The number of aromatic nitrogens is 5.